The van der Waals surface area contributed by atoms with E-state index in [2.05, 4.69) is 6.92 Å². The van der Waals surface area contributed by atoms with Gasteiger partial charge < -0.3 is 4.90 Å². The number of hydrogen-bond acceptors (Lipinski definition) is 2. The van der Waals surface area contributed by atoms with Crippen molar-refractivity contribution in [3.8, 4) is 0 Å². The van der Waals surface area contributed by atoms with Crippen molar-refractivity contribution in [1.29, 1.82) is 0 Å². The van der Waals surface area contributed by atoms with Gasteiger partial charge in [-0.05, 0) is 17.7 Å². The molecule has 2 nitrogen and oxygen atoms in total. The number of halogens is 1. The molecule has 1 amide bonds. The number of benzene rings is 1. The quantitative estimate of drug-likeness (QED) is 0.770. The highest BCUT2D eigenvalue weighted by molar-refractivity contribution is 7.99. The third-order valence-corrected chi connectivity index (χ3v) is 4.30. The summed E-state index contributed by atoms with van der Waals surface area (Å²) in [4.78, 5) is 14.2. The maximum Gasteiger partial charge on any atom is 0.253 e. The predicted octanol–water partition coefficient (Wildman–Crippen LogP) is 3.00. The zero-order valence-corrected chi connectivity index (χ0v) is 11.4. The molecule has 1 aliphatic rings. The second-order valence-corrected chi connectivity index (χ2v) is 6.08. The smallest absolute Gasteiger partial charge is 0.253 e. The fourth-order valence-electron chi connectivity index (χ4n) is 1.97. The highest BCUT2D eigenvalue weighted by Crippen LogP contribution is 2.20. The van der Waals surface area contributed by atoms with Gasteiger partial charge in [0.25, 0.3) is 5.91 Å². The van der Waals surface area contributed by atoms with Gasteiger partial charge in [-0.2, -0.15) is 11.8 Å². The lowest BCUT2D eigenvalue weighted by atomic mass is 10.1. The second-order valence-electron chi connectivity index (χ2n) is 4.27. The average molecular weight is 270 g/mol. The molecule has 0 aromatic heterocycles. The molecule has 17 heavy (non-hydrogen) atoms. The SMILES string of the molecule is CC1CN(C(=O)c2cccc(CCl)c2)CCS1. The monoisotopic (exact) mass is 269 g/mol. The molecule has 0 radical (unpaired) electrons. The summed E-state index contributed by atoms with van der Waals surface area (Å²) >= 11 is 7.71. The predicted molar refractivity (Wildman–Crippen MR) is 73.8 cm³/mol. The first-order valence-corrected chi connectivity index (χ1v) is 7.35. The lowest BCUT2D eigenvalue weighted by Gasteiger charge is -2.30. The highest BCUT2D eigenvalue weighted by atomic mass is 35.5. The Balaban J connectivity index is 2.12. The van der Waals surface area contributed by atoms with E-state index in [4.69, 9.17) is 11.6 Å². The maximum absolute atomic E-state index is 12.3. The summed E-state index contributed by atoms with van der Waals surface area (Å²) in [5, 5.41) is 0.531. The topological polar surface area (TPSA) is 20.3 Å². The van der Waals surface area contributed by atoms with Gasteiger partial charge in [-0.15, -0.1) is 11.6 Å². The lowest BCUT2D eigenvalue weighted by molar-refractivity contribution is 0.0763. The molecule has 0 aliphatic carbocycles. The van der Waals surface area contributed by atoms with Crippen molar-refractivity contribution in [3.63, 3.8) is 0 Å². The van der Waals surface area contributed by atoms with Crippen molar-refractivity contribution < 1.29 is 4.79 Å². The molecule has 4 heteroatoms. The molecule has 1 heterocycles. The van der Waals surface area contributed by atoms with Gasteiger partial charge in [0.2, 0.25) is 0 Å². The normalized spacial score (nSPS) is 20.4. The number of rotatable bonds is 2. The Morgan fingerprint density at radius 3 is 3.12 bits per heavy atom. The zero-order valence-electron chi connectivity index (χ0n) is 9.86. The summed E-state index contributed by atoms with van der Waals surface area (Å²) in [6, 6.07) is 7.60. The van der Waals surface area contributed by atoms with Gasteiger partial charge in [0.1, 0.15) is 0 Å². The van der Waals surface area contributed by atoms with Gasteiger partial charge in [-0.1, -0.05) is 19.1 Å². The van der Waals surface area contributed by atoms with E-state index >= 15 is 0 Å². The van der Waals surface area contributed by atoms with E-state index < -0.39 is 0 Å². The van der Waals surface area contributed by atoms with Gasteiger partial charge >= 0.3 is 0 Å². The minimum Gasteiger partial charge on any atom is -0.337 e. The number of carbonyl (C=O) groups excluding carboxylic acids is 1. The molecule has 0 saturated carbocycles. The Morgan fingerprint density at radius 2 is 2.41 bits per heavy atom. The van der Waals surface area contributed by atoms with Crippen molar-refractivity contribution in [2.24, 2.45) is 0 Å². The Labute approximate surface area is 111 Å². The zero-order chi connectivity index (χ0) is 12.3. The molecule has 1 unspecified atom stereocenters. The van der Waals surface area contributed by atoms with E-state index in [9.17, 15) is 4.79 Å². The molecule has 1 fully saturated rings. The van der Waals surface area contributed by atoms with Crippen LogP contribution in [0.4, 0.5) is 0 Å². The Hall–Kier alpha value is -0.670. The molecule has 1 aromatic rings. The van der Waals surface area contributed by atoms with Crippen molar-refractivity contribution in [2.75, 3.05) is 18.8 Å². The standard InChI is InChI=1S/C13H16ClNOS/c1-10-9-15(5-6-17-10)13(16)12-4-2-3-11(7-12)8-14/h2-4,7,10H,5-6,8-9H2,1H3. The van der Waals surface area contributed by atoms with Crippen LogP contribution in [0, 0.1) is 0 Å². The third-order valence-electron chi connectivity index (χ3n) is 2.86. The first-order chi connectivity index (χ1) is 8.20. The Bertz CT molecular complexity index is 410. The largest absolute Gasteiger partial charge is 0.337 e. The first kappa shape index (κ1) is 12.8. The van der Waals surface area contributed by atoms with Crippen LogP contribution in [0.15, 0.2) is 24.3 Å². The third kappa shape index (κ3) is 3.17. The molecule has 0 bridgehead atoms. The fourth-order valence-corrected chi connectivity index (χ4v) is 3.15. The van der Waals surface area contributed by atoms with Crippen LogP contribution in [-0.4, -0.2) is 34.9 Å². The number of carbonyl (C=O) groups is 1. The van der Waals surface area contributed by atoms with E-state index in [0.29, 0.717) is 11.1 Å². The molecule has 2 rings (SSSR count). The van der Waals surface area contributed by atoms with E-state index in [1.165, 1.54) is 0 Å². The summed E-state index contributed by atoms with van der Waals surface area (Å²) in [7, 11) is 0. The van der Waals surface area contributed by atoms with Crippen molar-refractivity contribution in [1.82, 2.24) is 4.90 Å². The van der Waals surface area contributed by atoms with E-state index in [-0.39, 0.29) is 5.91 Å². The molecular formula is C13H16ClNOS. The Kier molecular flexibility index (Phi) is 4.35. The Morgan fingerprint density at radius 1 is 1.59 bits per heavy atom. The number of thioether (sulfide) groups is 1. The van der Waals surface area contributed by atoms with E-state index in [0.717, 1.165) is 30.0 Å². The van der Waals surface area contributed by atoms with Crippen LogP contribution in [-0.2, 0) is 5.88 Å². The molecule has 1 saturated heterocycles. The number of alkyl halides is 1. The van der Waals surface area contributed by atoms with Gasteiger partial charge in [0.15, 0.2) is 0 Å². The van der Waals surface area contributed by atoms with Gasteiger partial charge in [0.05, 0.1) is 0 Å². The summed E-state index contributed by atoms with van der Waals surface area (Å²) in [5.41, 5.74) is 1.75. The van der Waals surface area contributed by atoms with Gasteiger partial charge in [-0.3, -0.25) is 4.79 Å². The molecule has 92 valence electrons. The van der Waals surface area contributed by atoms with Crippen LogP contribution >= 0.6 is 23.4 Å². The summed E-state index contributed by atoms with van der Waals surface area (Å²) in [6.07, 6.45) is 0. The summed E-state index contributed by atoms with van der Waals surface area (Å²) in [5.74, 6) is 1.61. The van der Waals surface area contributed by atoms with Crippen LogP contribution in [0.5, 0.6) is 0 Å². The van der Waals surface area contributed by atoms with Gasteiger partial charge in [0, 0.05) is 35.5 Å². The number of amides is 1. The molecule has 0 N–H and O–H groups in total. The van der Waals surface area contributed by atoms with Crippen LogP contribution in [0.3, 0.4) is 0 Å². The molecule has 1 aliphatic heterocycles. The highest BCUT2D eigenvalue weighted by Gasteiger charge is 2.22. The minimum absolute atomic E-state index is 0.129. The van der Waals surface area contributed by atoms with Crippen LogP contribution in [0.1, 0.15) is 22.8 Å². The molecular weight excluding hydrogens is 254 g/mol. The molecule has 1 aromatic carbocycles. The minimum atomic E-state index is 0.129. The summed E-state index contributed by atoms with van der Waals surface area (Å²) < 4.78 is 0. The second kappa shape index (κ2) is 5.78. The van der Waals surface area contributed by atoms with Crippen LogP contribution in [0.2, 0.25) is 0 Å². The molecule has 0 spiro atoms. The van der Waals surface area contributed by atoms with E-state index in [1.807, 2.05) is 40.9 Å². The first-order valence-electron chi connectivity index (χ1n) is 5.76. The van der Waals surface area contributed by atoms with Gasteiger partial charge in [-0.25, -0.2) is 0 Å². The average Bonchev–Trinajstić information content (AvgIpc) is 2.38. The number of nitrogens with zero attached hydrogens (tertiary/aromatic N) is 1. The number of hydrogen-bond donors (Lipinski definition) is 0. The van der Waals surface area contributed by atoms with Crippen molar-refractivity contribution >= 4 is 29.3 Å². The molecule has 1 atom stereocenters. The van der Waals surface area contributed by atoms with Crippen LogP contribution in [0.25, 0.3) is 0 Å². The van der Waals surface area contributed by atoms with E-state index in [1.54, 1.807) is 0 Å². The van der Waals surface area contributed by atoms with Crippen LogP contribution < -0.4 is 0 Å². The maximum atomic E-state index is 12.3. The van der Waals surface area contributed by atoms with Crippen molar-refractivity contribution in [2.45, 2.75) is 18.1 Å². The lowest BCUT2D eigenvalue weighted by Crippen LogP contribution is -2.41. The van der Waals surface area contributed by atoms with Crippen molar-refractivity contribution in [3.05, 3.63) is 35.4 Å². The summed E-state index contributed by atoms with van der Waals surface area (Å²) in [6.45, 7) is 3.85. The fraction of sp³-hybridized carbons (Fsp3) is 0.462.